The molecule has 4 aromatic heterocycles. The van der Waals surface area contributed by atoms with Gasteiger partial charge in [0.05, 0.1) is 30.4 Å². The molecule has 0 fully saturated rings. The van der Waals surface area contributed by atoms with Crippen LogP contribution in [0.1, 0.15) is 11.1 Å². The second-order valence-electron chi connectivity index (χ2n) is 9.84. The third kappa shape index (κ3) is 8.88. The molecule has 0 radical (unpaired) electrons. The molecule has 0 spiro atoms. The maximum absolute atomic E-state index is 12.5. The molecule has 0 unspecified atom stereocenters. The molecule has 52 heavy (non-hydrogen) atoms. The van der Waals surface area contributed by atoms with Crippen molar-refractivity contribution in [3.63, 3.8) is 0 Å². The number of hydrogen-bond acceptors (Lipinski definition) is 16. The first kappa shape index (κ1) is 36.1. The highest BCUT2D eigenvalue weighted by atomic mass is 32.2. The van der Waals surface area contributed by atoms with Crippen LogP contribution in [-0.4, -0.2) is 63.9 Å². The van der Waals surface area contributed by atoms with Crippen LogP contribution in [0.3, 0.4) is 0 Å². The Hall–Kier alpha value is -7.19. The number of nitrogens with zero attached hydrogens (tertiary/aromatic N) is 8. The van der Waals surface area contributed by atoms with Gasteiger partial charge in [0, 0.05) is 23.5 Å². The van der Waals surface area contributed by atoms with Gasteiger partial charge in [-0.05, 0) is 60.7 Å². The molecule has 0 saturated heterocycles. The van der Waals surface area contributed by atoms with Crippen LogP contribution in [0.15, 0.2) is 94.2 Å². The topological polar surface area (TPSA) is 230 Å². The van der Waals surface area contributed by atoms with Crippen LogP contribution in [0.4, 0.5) is 13.2 Å². The minimum Gasteiger partial charge on any atom is -0.482 e. The fraction of sp³-hybridized carbons (Fsp3) is 0.0938. The molecular formula is C32H19F3N8O8S. The molecule has 0 amide bonds. The van der Waals surface area contributed by atoms with Crippen molar-refractivity contribution >= 4 is 16.1 Å². The van der Waals surface area contributed by atoms with Crippen LogP contribution >= 0.6 is 0 Å². The van der Waals surface area contributed by atoms with E-state index in [1.807, 2.05) is 12.1 Å². The van der Waals surface area contributed by atoms with E-state index in [4.69, 9.17) is 24.3 Å². The summed E-state index contributed by atoms with van der Waals surface area (Å²) in [4.78, 5) is 27.7. The van der Waals surface area contributed by atoms with Crippen molar-refractivity contribution < 1.29 is 49.1 Å². The van der Waals surface area contributed by atoms with Gasteiger partial charge in [0.2, 0.25) is 11.6 Å². The number of benzene rings is 2. The van der Waals surface area contributed by atoms with Crippen molar-refractivity contribution in [3.8, 4) is 69.6 Å². The molecular weight excluding hydrogens is 713 g/mol. The number of hydrogen-bond donors (Lipinski definition) is 0. The number of carbonyl (C=O) groups is 1. The Kier molecular flexibility index (Phi) is 10.8. The lowest BCUT2D eigenvalue weighted by molar-refractivity contribution is -0.142. The molecule has 6 aromatic rings. The van der Waals surface area contributed by atoms with Crippen molar-refractivity contribution in [3.05, 3.63) is 96.3 Å². The van der Waals surface area contributed by atoms with E-state index in [1.54, 1.807) is 54.7 Å². The van der Waals surface area contributed by atoms with E-state index < -0.39 is 27.3 Å². The van der Waals surface area contributed by atoms with Crippen molar-refractivity contribution in [2.45, 2.75) is 5.51 Å². The van der Waals surface area contributed by atoms with Crippen molar-refractivity contribution in [1.82, 2.24) is 30.2 Å². The summed E-state index contributed by atoms with van der Waals surface area (Å²) in [5.41, 5.74) is -4.03. The largest absolute Gasteiger partial charge is 0.534 e. The molecule has 0 N–H and O–H groups in total. The summed E-state index contributed by atoms with van der Waals surface area (Å²) in [7, 11) is -4.63. The summed E-state index contributed by atoms with van der Waals surface area (Å²) in [6.07, 6.45) is 3.12. The molecule has 0 atom stereocenters. The Morgan fingerprint density at radius 2 is 1.29 bits per heavy atom. The molecule has 0 aliphatic carbocycles. The van der Waals surface area contributed by atoms with E-state index in [1.165, 1.54) is 25.4 Å². The molecule has 4 heterocycles. The first-order valence-electron chi connectivity index (χ1n) is 14.2. The number of pyridine rings is 2. The zero-order valence-electron chi connectivity index (χ0n) is 26.2. The van der Waals surface area contributed by atoms with Crippen LogP contribution in [-0.2, 0) is 19.6 Å². The smallest absolute Gasteiger partial charge is 0.482 e. The number of methoxy groups -OCH3 is 1. The molecule has 6 rings (SSSR count). The number of halogens is 3. The molecule has 0 aliphatic rings. The predicted molar refractivity (Wildman–Crippen MR) is 168 cm³/mol. The number of aromatic nitrogens is 6. The van der Waals surface area contributed by atoms with Gasteiger partial charge in [-0.2, -0.15) is 42.1 Å². The third-order valence-electron chi connectivity index (χ3n) is 6.28. The number of rotatable bonds is 9. The van der Waals surface area contributed by atoms with E-state index in [-0.39, 0.29) is 35.3 Å². The SMILES string of the molecule is COC(=O)COc1cc(C#N)cc(-c2nc(-c3ccccn3)no2)c1.N#Cc1cc(OS(=O)(=O)C(F)(F)F)cc(-c2nc(-c3ccccn3)no2)c1. The Balaban J connectivity index is 0.000000202. The third-order valence-corrected chi connectivity index (χ3v) is 7.26. The summed E-state index contributed by atoms with van der Waals surface area (Å²) >= 11 is 0. The first-order chi connectivity index (χ1) is 24.9. The van der Waals surface area contributed by atoms with E-state index in [9.17, 15) is 26.4 Å². The van der Waals surface area contributed by atoms with Crippen LogP contribution in [0.2, 0.25) is 0 Å². The minimum atomic E-state index is -5.90. The summed E-state index contributed by atoms with van der Waals surface area (Å²) in [5, 5.41) is 25.8. The second-order valence-corrected chi connectivity index (χ2v) is 11.4. The van der Waals surface area contributed by atoms with Crippen molar-refractivity contribution in [2.75, 3.05) is 13.7 Å². The van der Waals surface area contributed by atoms with Crippen LogP contribution in [0, 0.1) is 22.7 Å². The predicted octanol–water partition coefficient (Wildman–Crippen LogP) is 5.12. The van der Waals surface area contributed by atoms with E-state index in [0.717, 1.165) is 12.1 Å². The summed E-state index contributed by atoms with van der Waals surface area (Å²) in [6.45, 7) is -0.270. The zero-order valence-corrected chi connectivity index (χ0v) is 27.0. The van der Waals surface area contributed by atoms with Crippen molar-refractivity contribution in [2.24, 2.45) is 0 Å². The highest BCUT2D eigenvalue weighted by Gasteiger charge is 2.48. The molecule has 262 valence electrons. The quantitative estimate of drug-likeness (QED) is 0.107. The maximum atomic E-state index is 12.5. The Morgan fingerprint density at radius 1 is 0.788 bits per heavy atom. The van der Waals surface area contributed by atoms with Gasteiger partial charge in [0.1, 0.15) is 22.9 Å². The average Bonchev–Trinajstić information content (AvgIpc) is 3.86. The first-order valence-corrected chi connectivity index (χ1v) is 15.6. The van der Waals surface area contributed by atoms with Crippen LogP contribution < -0.4 is 8.92 Å². The number of alkyl halides is 3. The van der Waals surface area contributed by atoms with Gasteiger partial charge in [-0.25, -0.2) is 4.79 Å². The van der Waals surface area contributed by atoms with E-state index >= 15 is 0 Å². The summed E-state index contributed by atoms with van der Waals surface area (Å²) in [6, 6.07) is 21.7. The van der Waals surface area contributed by atoms with E-state index in [2.05, 4.69) is 39.2 Å². The normalized spacial score (nSPS) is 11.0. The highest BCUT2D eigenvalue weighted by Crippen LogP contribution is 2.31. The van der Waals surface area contributed by atoms with Gasteiger partial charge >= 0.3 is 21.6 Å². The molecule has 0 aliphatic heterocycles. The number of carbonyl (C=O) groups excluding carboxylic acids is 1. The van der Waals surface area contributed by atoms with Gasteiger partial charge in [-0.15, -0.1) is 0 Å². The Labute approximate surface area is 290 Å². The fourth-order valence-electron chi connectivity index (χ4n) is 3.96. The van der Waals surface area contributed by atoms with Gasteiger partial charge in [-0.3, -0.25) is 9.97 Å². The Morgan fingerprint density at radius 3 is 1.73 bits per heavy atom. The van der Waals surface area contributed by atoms with Gasteiger partial charge < -0.3 is 22.7 Å². The van der Waals surface area contributed by atoms with Gasteiger partial charge in [0.25, 0.3) is 11.8 Å². The average molecular weight is 733 g/mol. The zero-order chi connectivity index (χ0) is 37.3. The van der Waals surface area contributed by atoms with Gasteiger partial charge in [0.15, 0.2) is 6.61 Å². The highest BCUT2D eigenvalue weighted by molar-refractivity contribution is 7.88. The lowest BCUT2D eigenvalue weighted by Gasteiger charge is -2.10. The maximum Gasteiger partial charge on any atom is 0.534 e. The lowest BCUT2D eigenvalue weighted by Crippen LogP contribution is -2.28. The van der Waals surface area contributed by atoms with E-state index in [0.29, 0.717) is 34.1 Å². The van der Waals surface area contributed by atoms with Crippen molar-refractivity contribution in [1.29, 1.82) is 10.5 Å². The number of esters is 1. The minimum absolute atomic E-state index is 0.00361. The molecule has 20 heteroatoms. The molecule has 2 aromatic carbocycles. The van der Waals surface area contributed by atoms with Crippen LogP contribution in [0.25, 0.3) is 45.9 Å². The summed E-state index contributed by atoms with van der Waals surface area (Å²) in [5.74, 6) is -0.467. The molecule has 0 bridgehead atoms. The lowest BCUT2D eigenvalue weighted by atomic mass is 10.1. The van der Waals surface area contributed by atoms with Crippen LogP contribution in [0.5, 0.6) is 11.5 Å². The summed E-state index contributed by atoms with van der Waals surface area (Å²) < 4.78 is 84.0. The van der Waals surface area contributed by atoms with Gasteiger partial charge in [-0.1, -0.05) is 22.4 Å². The standard InChI is InChI=1S/C17H12N4O4.C15H7F3N4O4S/c1-23-15(22)10-24-13-7-11(9-18)6-12(8-13)17-20-16(21-25-17)14-4-2-3-5-19-14;16-15(17,18)27(23,24)26-11-6-9(8-19)5-10(7-11)14-21-13(22-25-14)12-3-1-2-4-20-12/h2-8H,10H2,1H3;1-7H. The number of ether oxygens (including phenoxy) is 2. The fourth-order valence-corrected chi connectivity index (χ4v) is 4.40. The second kappa shape index (κ2) is 15.6. The monoisotopic (exact) mass is 732 g/mol. The Bertz CT molecular complexity index is 2390. The number of nitriles is 2. The molecule has 0 saturated carbocycles. The molecule has 16 nitrogen and oxygen atoms in total.